The number of carbonyl (C=O) groups is 1. The van der Waals surface area contributed by atoms with Crippen LogP contribution in [0.4, 0.5) is 5.69 Å². The van der Waals surface area contributed by atoms with E-state index in [-0.39, 0.29) is 35.2 Å². The smallest absolute Gasteiger partial charge is 0.282 e. The van der Waals surface area contributed by atoms with Gasteiger partial charge in [-0.2, -0.15) is 5.26 Å². The molecule has 6 nitrogen and oxygen atoms in total. The monoisotopic (exact) mass is 309 g/mol. The predicted molar refractivity (Wildman–Crippen MR) is 79.1 cm³/mol. The lowest BCUT2D eigenvalue weighted by Gasteiger charge is -2.23. The first-order chi connectivity index (χ1) is 9.86. The zero-order valence-electron chi connectivity index (χ0n) is 11.9. The Kier molecular flexibility index (Phi) is 6.12. The van der Waals surface area contributed by atoms with Crippen LogP contribution in [0.3, 0.4) is 0 Å². The fraction of sp³-hybridized carbons (Fsp3) is 0.429. The lowest BCUT2D eigenvalue weighted by Crippen LogP contribution is -2.35. The van der Waals surface area contributed by atoms with Gasteiger partial charge in [0, 0.05) is 24.2 Å². The Morgan fingerprint density at radius 1 is 1.52 bits per heavy atom. The van der Waals surface area contributed by atoms with E-state index >= 15 is 0 Å². The van der Waals surface area contributed by atoms with Gasteiger partial charge in [0.1, 0.15) is 5.56 Å². The fourth-order valence-electron chi connectivity index (χ4n) is 1.91. The van der Waals surface area contributed by atoms with Crippen LogP contribution in [0.2, 0.25) is 5.02 Å². The Balaban J connectivity index is 3.16. The van der Waals surface area contributed by atoms with E-state index in [9.17, 15) is 14.9 Å². The van der Waals surface area contributed by atoms with E-state index in [1.807, 2.05) is 19.9 Å². The van der Waals surface area contributed by atoms with Gasteiger partial charge in [0.25, 0.3) is 11.6 Å². The summed E-state index contributed by atoms with van der Waals surface area (Å²) in [5.74, 6) is -0.293. The average Bonchev–Trinajstić information content (AvgIpc) is 2.41. The number of nitriles is 1. The molecule has 0 heterocycles. The van der Waals surface area contributed by atoms with E-state index in [0.717, 1.165) is 0 Å². The summed E-state index contributed by atoms with van der Waals surface area (Å²) in [7, 11) is 0. The summed E-state index contributed by atoms with van der Waals surface area (Å²) in [6, 6.07) is 5.86. The SMILES string of the molecule is CC(C)CN(CCC#N)C(=O)c1cc(Cl)ccc1[N+](=O)[O-]. The van der Waals surface area contributed by atoms with E-state index in [2.05, 4.69) is 0 Å². The first kappa shape index (κ1) is 16.9. The van der Waals surface area contributed by atoms with Gasteiger partial charge in [0.2, 0.25) is 0 Å². The van der Waals surface area contributed by atoms with Crippen LogP contribution in [-0.2, 0) is 0 Å². The van der Waals surface area contributed by atoms with E-state index in [0.29, 0.717) is 6.54 Å². The lowest BCUT2D eigenvalue weighted by atomic mass is 10.1. The Labute approximate surface area is 128 Å². The molecule has 0 atom stereocenters. The molecule has 0 saturated heterocycles. The molecule has 0 aromatic heterocycles. The second-order valence-corrected chi connectivity index (χ2v) is 5.41. The van der Waals surface area contributed by atoms with Crippen molar-refractivity contribution in [3.05, 3.63) is 38.9 Å². The molecule has 21 heavy (non-hydrogen) atoms. The number of benzene rings is 1. The average molecular weight is 310 g/mol. The zero-order valence-corrected chi connectivity index (χ0v) is 12.6. The molecule has 0 aliphatic rings. The van der Waals surface area contributed by atoms with Crippen LogP contribution >= 0.6 is 11.6 Å². The summed E-state index contributed by atoms with van der Waals surface area (Å²) in [5, 5.41) is 20.0. The van der Waals surface area contributed by atoms with Crippen molar-refractivity contribution in [2.45, 2.75) is 20.3 Å². The van der Waals surface area contributed by atoms with Gasteiger partial charge in [-0.3, -0.25) is 14.9 Å². The Bertz CT molecular complexity index is 581. The number of nitrogens with zero attached hydrogens (tertiary/aromatic N) is 3. The van der Waals surface area contributed by atoms with Crippen molar-refractivity contribution in [1.29, 1.82) is 5.26 Å². The molecule has 112 valence electrons. The predicted octanol–water partition coefficient (Wildman–Crippen LogP) is 3.26. The normalized spacial score (nSPS) is 10.2. The van der Waals surface area contributed by atoms with Gasteiger partial charge in [-0.05, 0) is 18.1 Å². The zero-order chi connectivity index (χ0) is 16.0. The third kappa shape index (κ3) is 4.72. The Morgan fingerprint density at radius 3 is 2.71 bits per heavy atom. The summed E-state index contributed by atoms with van der Waals surface area (Å²) in [6.45, 7) is 4.51. The van der Waals surface area contributed by atoms with Crippen LogP contribution in [0.5, 0.6) is 0 Å². The van der Waals surface area contributed by atoms with Crippen molar-refractivity contribution in [3.8, 4) is 6.07 Å². The molecule has 0 aliphatic heterocycles. The second-order valence-electron chi connectivity index (χ2n) is 4.97. The van der Waals surface area contributed by atoms with E-state index in [4.69, 9.17) is 16.9 Å². The third-order valence-electron chi connectivity index (χ3n) is 2.75. The topological polar surface area (TPSA) is 87.2 Å². The molecule has 7 heteroatoms. The van der Waals surface area contributed by atoms with Crippen molar-refractivity contribution >= 4 is 23.2 Å². The molecule has 1 amide bonds. The van der Waals surface area contributed by atoms with Crippen LogP contribution in [0.15, 0.2) is 18.2 Å². The molecule has 0 spiro atoms. The number of halogens is 1. The van der Waals surface area contributed by atoms with Crippen molar-refractivity contribution in [2.75, 3.05) is 13.1 Å². The summed E-state index contributed by atoms with van der Waals surface area (Å²) in [6.07, 6.45) is 0.173. The van der Waals surface area contributed by atoms with E-state index < -0.39 is 10.8 Å². The molecule has 1 rings (SSSR count). The molecule has 0 radical (unpaired) electrons. The van der Waals surface area contributed by atoms with Crippen LogP contribution in [-0.4, -0.2) is 28.8 Å². The van der Waals surface area contributed by atoms with Crippen LogP contribution in [0.25, 0.3) is 0 Å². The second kappa shape index (κ2) is 7.60. The molecule has 0 N–H and O–H groups in total. The van der Waals surface area contributed by atoms with Crippen LogP contribution in [0, 0.1) is 27.4 Å². The molecule has 0 fully saturated rings. The number of rotatable bonds is 6. The standard InChI is InChI=1S/C14H16ClN3O3/c1-10(2)9-17(7-3-6-16)14(19)12-8-11(15)4-5-13(12)18(20)21/h4-5,8,10H,3,7,9H2,1-2H3. The molecule has 0 bridgehead atoms. The number of hydrogen-bond acceptors (Lipinski definition) is 4. The van der Waals surface area contributed by atoms with Crippen molar-refractivity contribution in [3.63, 3.8) is 0 Å². The van der Waals surface area contributed by atoms with E-state index in [1.54, 1.807) is 0 Å². The highest BCUT2D eigenvalue weighted by Gasteiger charge is 2.25. The van der Waals surface area contributed by atoms with Gasteiger partial charge >= 0.3 is 0 Å². The van der Waals surface area contributed by atoms with Crippen molar-refractivity contribution < 1.29 is 9.72 Å². The van der Waals surface area contributed by atoms with Gasteiger partial charge in [0.15, 0.2) is 0 Å². The Morgan fingerprint density at radius 2 is 2.19 bits per heavy atom. The summed E-state index contributed by atoms with van der Waals surface area (Å²) >= 11 is 5.83. The molecular weight excluding hydrogens is 294 g/mol. The Hall–Kier alpha value is -2.13. The highest BCUT2D eigenvalue weighted by atomic mass is 35.5. The quantitative estimate of drug-likeness (QED) is 0.596. The van der Waals surface area contributed by atoms with Gasteiger partial charge in [-0.25, -0.2) is 0 Å². The minimum absolute atomic E-state index is 0.0499. The first-order valence-corrected chi connectivity index (χ1v) is 6.84. The highest BCUT2D eigenvalue weighted by molar-refractivity contribution is 6.31. The lowest BCUT2D eigenvalue weighted by molar-refractivity contribution is -0.385. The third-order valence-corrected chi connectivity index (χ3v) is 2.99. The first-order valence-electron chi connectivity index (χ1n) is 6.47. The molecule has 0 aliphatic carbocycles. The molecule has 0 unspecified atom stereocenters. The summed E-state index contributed by atoms with van der Waals surface area (Å²) in [5.41, 5.74) is -0.332. The summed E-state index contributed by atoms with van der Waals surface area (Å²) < 4.78 is 0. The van der Waals surface area contributed by atoms with Gasteiger partial charge in [-0.1, -0.05) is 25.4 Å². The molecule has 1 aromatic carbocycles. The van der Waals surface area contributed by atoms with Crippen molar-refractivity contribution in [1.82, 2.24) is 4.90 Å². The molecule has 0 saturated carbocycles. The number of amides is 1. The molecule has 1 aromatic rings. The largest absolute Gasteiger partial charge is 0.337 e. The maximum atomic E-state index is 12.5. The number of nitro benzene ring substituents is 1. The molecular formula is C14H16ClN3O3. The van der Waals surface area contributed by atoms with Crippen LogP contribution < -0.4 is 0 Å². The fourth-order valence-corrected chi connectivity index (χ4v) is 2.08. The number of nitro groups is 1. The van der Waals surface area contributed by atoms with Crippen LogP contribution in [0.1, 0.15) is 30.6 Å². The van der Waals surface area contributed by atoms with Gasteiger partial charge < -0.3 is 4.90 Å². The summed E-state index contributed by atoms with van der Waals surface area (Å²) in [4.78, 5) is 24.4. The highest BCUT2D eigenvalue weighted by Crippen LogP contribution is 2.24. The minimum Gasteiger partial charge on any atom is -0.337 e. The minimum atomic E-state index is -0.610. The maximum Gasteiger partial charge on any atom is 0.282 e. The van der Waals surface area contributed by atoms with Crippen molar-refractivity contribution in [2.24, 2.45) is 5.92 Å². The number of hydrogen-bond donors (Lipinski definition) is 0. The van der Waals surface area contributed by atoms with Gasteiger partial charge in [-0.15, -0.1) is 0 Å². The van der Waals surface area contributed by atoms with Gasteiger partial charge in [0.05, 0.1) is 17.4 Å². The maximum absolute atomic E-state index is 12.5. The van der Waals surface area contributed by atoms with E-state index in [1.165, 1.54) is 23.1 Å². The number of carbonyl (C=O) groups excluding carboxylic acids is 1.